The Labute approximate surface area is 153 Å². The normalized spacial score (nSPS) is 12.1. The van der Waals surface area contributed by atoms with Gasteiger partial charge in [0.15, 0.2) is 0 Å². The average molecular weight is 378 g/mol. The molecule has 0 bridgehead atoms. The summed E-state index contributed by atoms with van der Waals surface area (Å²) in [5.41, 5.74) is 0.692. The average Bonchev–Trinajstić information content (AvgIpc) is 2.59. The van der Waals surface area contributed by atoms with Crippen molar-refractivity contribution in [3.05, 3.63) is 54.1 Å². The number of amides is 1. The maximum atomic E-state index is 12.3. The minimum atomic E-state index is -3.40. The first-order valence-electron chi connectivity index (χ1n) is 7.92. The van der Waals surface area contributed by atoms with Gasteiger partial charge in [0, 0.05) is 11.3 Å². The molecule has 0 aliphatic rings. The number of ether oxygens (including phenoxy) is 2. The second kappa shape index (κ2) is 8.57. The van der Waals surface area contributed by atoms with Crippen molar-refractivity contribution in [2.75, 3.05) is 24.7 Å². The summed E-state index contributed by atoms with van der Waals surface area (Å²) in [6.45, 7) is 2.11. The number of nitrogens with one attached hydrogen (secondary N) is 2. The predicted octanol–water partition coefficient (Wildman–Crippen LogP) is 2.26. The molecule has 2 aromatic carbocycles. The van der Waals surface area contributed by atoms with Gasteiger partial charge < -0.3 is 14.8 Å². The van der Waals surface area contributed by atoms with Gasteiger partial charge >= 0.3 is 0 Å². The first-order chi connectivity index (χ1) is 12.3. The van der Waals surface area contributed by atoms with Gasteiger partial charge in [-0.3, -0.25) is 9.52 Å². The molecule has 0 aromatic heterocycles. The zero-order valence-corrected chi connectivity index (χ0v) is 15.7. The number of methoxy groups -OCH3 is 1. The number of anilines is 1. The van der Waals surface area contributed by atoms with Gasteiger partial charge in [-0.2, -0.15) is 0 Å². The van der Waals surface area contributed by atoms with E-state index in [1.165, 1.54) is 6.07 Å². The van der Waals surface area contributed by atoms with Crippen LogP contribution in [0.1, 0.15) is 17.3 Å². The standard InChI is InChI=1S/C18H22N2O5S/c1-13(12-25-17-9-7-16(24-2)8-10-17)19-18(21)14-5-4-6-15(11-14)20-26(3,22)23/h4-11,13,20H,12H2,1-3H3,(H,19,21). The van der Waals surface area contributed by atoms with Crippen LogP contribution in [0.15, 0.2) is 48.5 Å². The van der Waals surface area contributed by atoms with E-state index in [1.807, 2.05) is 6.92 Å². The van der Waals surface area contributed by atoms with Crippen LogP contribution in [-0.2, 0) is 10.0 Å². The molecular weight excluding hydrogens is 356 g/mol. The maximum Gasteiger partial charge on any atom is 0.251 e. The van der Waals surface area contributed by atoms with Gasteiger partial charge in [0.1, 0.15) is 18.1 Å². The Morgan fingerprint density at radius 2 is 1.77 bits per heavy atom. The molecule has 140 valence electrons. The Hall–Kier alpha value is -2.74. The van der Waals surface area contributed by atoms with Gasteiger partial charge in [-0.1, -0.05) is 6.07 Å². The Morgan fingerprint density at radius 1 is 1.12 bits per heavy atom. The number of hydrogen-bond acceptors (Lipinski definition) is 5. The summed E-state index contributed by atoms with van der Waals surface area (Å²) >= 11 is 0. The van der Waals surface area contributed by atoms with Crippen molar-refractivity contribution < 1.29 is 22.7 Å². The zero-order chi connectivity index (χ0) is 19.2. The van der Waals surface area contributed by atoms with E-state index in [0.717, 1.165) is 12.0 Å². The van der Waals surface area contributed by atoms with Crippen LogP contribution in [0.25, 0.3) is 0 Å². The third kappa shape index (κ3) is 6.29. The van der Waals surface area contributed by atoms with Crippen LogP contribution in [0, 0.1) is 0 Å². The lowest BCUT2D eigenvalue weighted by Crippen LogP contribution is -2.36. The second-order valence-electron chi connectivity index (χ2n) is 5.82. The highest BCUT2D eigenvalue weighted by molar-refractivity contribution is 7.92. The lowest BCUT2D eigenvalue weighted by molar-refractivity contribution is 0.0926. The Bertz CT molecular complexity index is 850. The molecule has 1 atom stereocenters. The molecule has 0 spiro atoms. The van der Waals surface area contributed by atoms with E-state index in [-0.39, 0.29) is 11.9 Å². The summed E-state index contributed by atoms with van der Waals surface area (Å²) < 4.78 is 35.6. The fourth-order valence-corrected chi connectivity index (χ4v) is 2.74. The van der Waals surface area contributed by atoms with Crippen molar-refractivity contribution in [3.8, 4) is 11.5 Å². The van der Waals surface area contributed by atoms with Crippen molar-refractivity contribution in [3.63, 3.8) is 0 Å². The van der Waals surface area contributed by atoms with E-state index in [4.69, 9.17) is 9.47 Å². The molecule has 8 heteroatoms. The summed E-state index contributed by atoms with van der Waals surface area (Å²) in [7, 11) is -1.81. The monoisotopic (exact) mass is 378 g/mol. The summed E-state index contributed by atoms with van der Waals surface area (Å²) in [4.78, 5) is 12.3. The summed E-state index contributed by atoms with van der Waals surface area (Å²) in [5.74, 6) is 1.10. The van der Waals surface area contributed by atoms with Gasteiger partial charge in [-0.05, 0) is 49.4 Å². The molecular formula is C18H22N2O5S. The van der Waals surface area contributed by atoms with Gasteiger partial charge in [-0.15, -0.1) is 0 Å². The minimum Gasteiger partial charge on any atom is -0.497 e. The summed E-state index contributed by atoms with van der Waals surface area (Å²) in [6, 6.07) is 13.2. The van der Waals surface area contributed by atoms with Crippen LogP contribution in [0.2, 0.25) is 0 Å². The SMILES string of the molecule is COc1ccc(OCC(C)NC(=O)c2cccc(NS(C)(=O)=O)c2)cc1. The first-order valence-corrected chi connectivity index (χ1v) is 9.81. The molecule has 0 heterocycles. The Balaban J connectivity index is 1.90. The van der Waals surface area contributed by atoms with E-state index in [1.54, 1.807) is 49.6 Å². The summed E-state index contributed by atoms with van der Waals surface area (Å²) in [5, 5.41) is 2.81. The Morgan fingerprint density at radius 3 is 2.38 bits per heavy atom. The number of carbonyl (C=O) groups is 1. The van der Waals surface area contributed by atoms with Crippen molar-refractivity contribution in [2.24, 2.45) is 0 Å². The van der Waals surface area contributed by atoms with Crippen LogP contribution >= 0.6 is 0 Å². The van der Waals surface area contributed by atoms with E-state index in [0.29, 0.717) is 23.6 Å². The first kappa shape index (κ1) is 19.6. The quantitative estimate of drug-likeness (QED) is 0.735. The molecule has 1 unspecified atom stereocenters. The highest BCUT2D eigenvalue weighted by Gasteiger charge is 2.12. The number of rotatable bonds is 8. The highest BCUT2D eigenvalue weighted by Crippen LogP contribution is 2.17. The lowest BCUT2D eigenvalue weighted by Gasteiger charge is -2.15. The molecule has 1 amide bonds. The van der Waals surface area contributed by atoms with Crippen molar-refractivity contribution in [2.45, 2.75) is 13.0 Å². The smallest absolute Gasteiger partial charge is 0.251 e. The molecule has 0 fully saturated rings. The molecule has 2 aromatic rings. The lowest BCUT2D eigenvalue weighted by atomic mass is 10.2. The van der Waals surface area contributed by atoms with Crippen LogP contribution in [0.4, 0.5) is 5.69 Å². The number of carbonyl (C=O) groups excluding carboxylic acids is 1. The van der Waals surface area contributed by atoms with E-state index < -0.39 is 10.0 Å². The topological polar surface area (TPSA) is 93.7 Å². The van der Waals surface area contributed by atoms with Gasteiger partial charge in [-0.25, -0.2) is 8.42 Å². The van der Waals surface area contributed by atoms with Crippen LogP contribution in [0.3, 0.4) is 0 Å². The third-order valence-corrected chi connectivity index (χ3v) is 3.97. The molecule has 0 saturated carbocycles. The van der Waals surface area contributed by atoms with E-state index >= 15 is 0 Å². The molecule has 0 radical (unpaired) electrons. The number of hydrogen-bond donors (Lipinski definition) is 2. The molecule has 2 N–H and O–H groups in total. The number of benzene rings is 2. The largest absolute Gasteiger partial charge is 0.497 e. The van der Waals surface area contributed by atoms with Crippen LogP contribution in [-0.4, -0.2) is 40.3 Å². The molecule has 0 saturated heterocycles. The molecule has 26 heavy (non-hydrogen) atoms. The maximum absolute atomic E-state index is 12.3. The zero-order valence-electron chi connectivity index (χ0n) is 14.9. The van der Waals surface area contributed by atoms with E-state index in [2.05, 4.69) is 10.0 Å². The van der Waals surface area contributed by atoms with Crippen molar-refractivity contribution in [1.82, 2.24) is 5.32 Å². The van der Waals surface area contributed by atoms with Gasteiger partial charge in [0.25, 0.3) is 5.91 Å². The van der Waals surface area contributed by atoms with Crippen molar-refractivity contribution in [1.29, 1.82) is 0 Å². The fourth-order valence-electron chi connectivity index (χ4n) is 2.18. The molecule has 0 aliphatic heterocycles. The second-order valence-corrected chi connectivity index (χ2v) is 7.56. The highest BCUT2D eigenvalue weighted by atomic mass is 32.2. The third-order valence-electron chi connectivity index (χ3n) is 3.36. The summed E-state index contributed by atoms with van der Waals surface area (Å²) in [6.07, 6.45) is 1.05. The van der Waals surface area contributed by atoms with Crippen LogP contribution < -0.4 is 19.5 Å². The molecule has 0 aliphatic carbocycles. The van der Waals surface area contributed by atoms with Crippen molar-refractivity contribution >= 4 is 21.6 Å². The number of sulfonamides is 1. The van der Waals surface area contributed by atoms with Crippen LogP contribution in [0.5, 0.6) is 11.5 Å². The van der Waals surface area contributed by atoms with Gasteiger partial charge in [0.05, 0.1) is 19.4 Å². The Kier molecular flexibility index (Phi) is 6.46. The molecule has 2 rings (SSSR count). The van der Waals surface area contributed by atoms with E-state index in [9.17, 15) is 13.2 Å². The molecule has 7 nitrogen and oxygen atoms in total. The fraction of sp³-hybridized carbons (Fsp3) is 0.278. The predicted molar refractivity (Wildman–Crippen MR) is 100 cm³/mol. The van der Waals surface area contributed by atoms with Gasteiger partial charge in [0.2, 0.25) is 10.0 Å². The minimum absolute atomic E-state index is 0.240.